The lowest BCUT2D eigenvalue weighted by atomic mass is 9.91. The van der Waals surface area contributed by atoms with E-state index in [0.717, 1.165) is 6.42 Å². The van der Waals surface area contributed by atoms with Gasteiger partial charge in [-0.2, -0.15) is 5.26 Å². The monoisotopic (exact) mass is 278 g/mol. The first-order valence-corrected chi connectivity index (χ1v) is 6.60. The van der Waals surface area contributed by atoms with Crippen molar-refractivity contribution >= 4 is 23.3 Å². The van der Waals surface area contributed by atoms with E-state index in [2.05, 4.69) is 13.0 Å². The van der Waals surface area contributed by atoms with Crippen molar-refractivity contribution in [3.63, 3.8) is 0 Å². The van der Waals surface area contributed by atoms with Gasteiger partial charge in [-0.3, -0.25) is 0 Å². The van der Waals surface area contributed by atoms with E-state index in [1.807, 2.05) is 0 Å². The summed E-state index contributed by atoms with van der Waals surface area (Å²) >= 11 is 5.87. The molecule has 1 N–H and O–H groups in total. The summed E-state index contributed by atoms with van der Waals surface area (Å²) in [5, 5.41) is 19.0. The zero-order valence-electron chi connectivity index (χ0n) is 10.6. The average Bonchev–Trinajstić information content (AvgIpc) is 2.38. The molecule has 2 rings (SSSR count). The predicted molar refractivity (Wildman–Crippen MR) is 73.3 cm³/mol. The van der Waals surface area contributed by atoms with Gasteiger partial charge < -0.3 is 10.0 Å². The maximum atomic E-state index is 11.4. The largest absolute Gasteiger partial charge is 0.480 e. The second-order valence-corrected chi connectivity index (χ2v) is 5.39. The lowest BCUT2D eigenvalue weighted by Gasteiger charge is -2.38. The Kier molecular flexibility index (Phi) is 3.96. The molecule has 0 aliphatic carbocycles. The minimum Gasteiger partial charge on any atom is -0.480 e. The number of nitrogens with zero attached hydrogens (tertiary/aromatic N) is 2. The first-order valence-electron chi connectivity index (χ1n) is 6.22. The summed E-state index contributed by atoms with van der Waals surface area (Å²) < 4.78 is 0. The number of hydrogen-bond acceptors (Lipinski definition) is 3. The number of hydrogen-bond donors (Lipinski definition) is 1. The molecule has 1 fully saturated rings. The highest BCUT2D eigenvalue weighted by atomic mass is 35.5. The van der Waals surface area contributed by atoms with Gasteiger partial charge in [0.15, 0.2) is 0 Å². The molecule has 0 aromatic heterocycles. The zero-order chi connectivity index (χ0) is 14.0. The Labute approximate surface area is 117 Å². The third kappa shape index (κ3) is 2.82. The van der Waals surface area contributed by atoms with Gasteiger partial charge in [0.25, 0.3) is 0 Å². The summed E-state index contributed by atoms with van der Waals surface area (Å²) in [6.45, 7) is 2.70. The van der Waals surface area contributed by atoms with Crippen LogP contribution < -0.4 is 4.90 Å². The van der Waals surface area contributed by atoms with E-state index in [4.69, 9.17) is 16.9 Å². The van der Waals surface area contributed by atoms with Crippen molar-refractivity contribution in [2.24, 2.45) is 5.92 Å². The fraction of sp³-hybridized carbons (Fsp3) is 0.429. The van der Waals surface area contributed by atoms with Gasteiger partial charge >= 0.3 is 5.97 Å². The number of piperidine rings is 1. The SMILES string of the molecule is CC1CCN(c2ccc(Cl)cc2C#N)C(C(=O)O)C1. The Morgan fingerprint density at radius 1 is 1.58 bits per heavy atom. The summed E-state index contributed by atoms with van der Waals surface area (Å²) in [7, 11) is 0. The molecular weight excluding hydrogens is 264 g/mol. The smallest absolute Gasteiger partial charge is 0.326 e. The van der Waals surface area contributed by atoms with Crippen molar-refractivity contribution in [3.05, 3.63) is 28.8 Å². The number of carbonyl (C=O) groups is 1. The molecule has 1 aliphatic rings. The van der Waals surface area contributed by atoms with E-state index in [9.17, 15) is 9.90 Å². The Morgan fingerprint density at radius 2 is 2.32 bits per heavy atom. The van der Waals surface area contributed by atoms with Crippen molar-refractivity contribution in [2.45, 2.75) is 25.8 Å². The molecule has 1 aromatic rings. The maximum absolute atomic E-state index is 11.4. The van der Waals surface area contributed by atoms with Crippen LogP contribution in [0.4, 0.5) is 5.69 Å². The standard InChI is InChI=1S/C14H15ClN2O2/c1-9-4-5-17(13(6-9)14(18)19)12-3-2-11(15)7-10(12)8-16/h2-3,7,9,13H,4-6H2,1H3,(H,18,19). The molecule has 0 saturated carbocycles. The third-order valence-electron chi connectivity index (χ3n) is 3.54. The average molecular weight is 279 g/mol. The van der Waals surface area contributed by atoms with Crippen molar-refractivity contribution in [2.75, 3.05) is 11.4 Å². The quantitative estimate of drug-likeness (QED) is 0.903. The van der Waals surface area contributed by atoms with Gasteiger partial charge in [-0.15, -0.1) is 0 Å². The van der Waals surface area contributed by atoms with E-state index in [-0.39, 0.29) is 0 Å². The van der Waals surface area contributed by atoms with Crippen LogP contribution in [-0.4, -0.2) is 23.7 Å². The van der Waals surface area contributed by atoms with Crippen LogP contribution in [0.15, 0.2) is 18.2 Å². The molecule has 0 amide bonds. The molecule has 1 aromatic carbocycles. The zero-order valence-corrected chi connectivity index (χ0v) is 11.4. The van der Waals surface area contributed by atoms with Crippen LogP contribution in [0.3, 0.4) is 0 Å². The van der Waals surface area contributed by atoms with Crippen LogP contribution in [-0.2, 0) is 4.79 Å². The van der Waals surface area contributed by atoms with E-state index in [1.54, 1.807) is 23.1 Å². The fourth-order valence-electron chi connectivity index (χ4n) is 2.51. The number of aliphatic carboxylic acids is 1. The van der Waals surface area contributed by atoms with Gasteiger partial charge in [-0.05, 0) is 37.0 Å². The molecule has 0 bridgehead atoms. The summed E-state index contributed by atoms with van der Waals surface area (Å²) in [4.78, 5) is 13.2. The van der Waals surface area contributed by atoms with Crippen LogP contribution in [0.25, 0.3) is 0 Å². The first kappa shape index (κ1) is 13.7. The maximum Gasteiger partial charge on any atom is 0.326 e. The van der Waals surface area contributed by atoms with Crippen LogP contribution in [0.1, 0.15) is 25.3 Å². The number of carboxylic acid groups (broad SMARTS) is 1. The molecule has 2 unspecified atom stereocenters. The second kappa shape index (κ2) is 5.50. The van der Waals surface area contributed by atoms with E-state index >= 15 is 0 Å². The molecule has 0 radical (unpaired) electrons. The van der Waals surface area contributed by atoms with Gasteiger partial charge in [0.1, 0.15) is 12.1 Å². The molecule has 5 heteroatoms. The van der Waals surface area contributed by atoms with E-state index < -0.39 is 12.0 Å². The molecular formula is C14H15ClN2O2. The summed E-state index contributed by atoms with van der Waals surface area (Å²) in [5.74, 6) is -0.458. The number of carboxylic acids is 1. The summed E-state index contributed by atoms with van der Waals surface area (Å²) in [5.41, 5.74) is 1.08. The third-order valence-corrected chi connectivity index (χ3v) is 3.77. The normalized spacial score (nSPS) is 22.9. The number of nitriles is 1. The van der Waals surface area contributed by atoms with Crippen molar-refractivity contribution in [1.82, 2.24) is 0 Å². The number of benzene rings is 1. The highest BCUT2D eigenvalue weighted by Gasteiger charge is 2.32. The first-order chi connectivity index (χ1) is 9.02. The topological polar surface area (TPSA) is 64.3 Å². The fourth-order valence-corrected chi connectivity index (χ4v) is 2.68. The minimum absolute atomic E-state index is 0.384. The van der Waals surface area contributed by atoms with Crippen molar-refractivity contribution in [1.29, 1.82) is 5.26 Å². The Balaban J connectivity index is 2.39. The molecule has 100 valence electrons. The Hall–Kier alpha value is -1.73. The summed E-state index contributed by atoms with van der Waals surface area (Å²) in [6, 6.07) is 6.51. The molecule has 2 atom stereocenters. The summed E-state index contributed by atoms with van der Waals surface area (Å²) in [6.07, 6.45) is 1.53. The lowest BCUT2D eigenvalue weighted by molar-refractivity contribution is -0.139. The predicted octanol–water partition coefficient (Wildman–Crippen LogP) is 2.90. The van der Waals surface area contributed by atoms with Gasteiger partial charge in [0, 0.05) is 11.6 Å². The minimum atomic E-state index is -0.842. The van der Waals surface area contributed by atoms with Gasteiger partial charge in [0.2, 0.25) is 0 Å². The van der Waals surface area contributed by atoms with Crippen LogP contribution >= 0.6 is 11.6 Å². The molecule has 4 nitrogen and oxygen atoms in total. The Bertz CT molecular complexity index is 539. The lowest BCUT2D eigenvalue weighted by Crippen LogP contribution is -2.47. The second-order valence-electron chi connectivity index (χ2n) is 4.95. The highest BCUT2D eigenvalue weighted by molar-refractivity contribution is 6.30. The van der Waals surface area contributed by atoms with Gasteiger partial charge in [-0.25, -0.2) is 4.79 Å². The van der Waals surface area contributed by atoms with Crippen molar-refractivity contribution < 1.29 is 9.90 Å². The Morgan fingerprint density at radius 3 is 2.95 bits per heavy atom. The molecule has 0 spiro atoms. The molecule has 1 heterocycles. The molecule has 1 aliphatic heterocycles. The highest BCUT2D eigenvalue weighted by Crippen LogP contribution is 2.31. The van der Waals surface area contributed by atoms with Crippen LogP contribution in [0.2, 0.25) is 5.02 Å². The molecule has 19 heavy (non-hydrogen) atoms. The van der Waals surface area contributed by atoms with Gasteiger partial charge in [-0.1, -0.05) is 18.5 Å². The number of rotatable bonds is 2. The number of halogens is 1. The van der Waals surface area contributed by atoms with Crippen LogP contribution in [0, 0.1) is 17.2 Å². The van der Waals surface area contributed by atoms with Crippen molar-refractivity contribution in [3.8, 4) is 6.07 Å². The molecule has 1 saturated heterocycles. The van der Waals surface area contributed by atoms with E-state index in [0.29, 0.717) is 35.2 Å². The van der Waals surface area contributed by atoms with Crippen LogP contribution in [0.5, 0.6) is 0 Å². The van der Waals surface area contributed by atoms with E-state index in [1.165, 1.54) is 0 Å². The van der Waals surface area contributed by atoms with Gasteiger partial charge in [0.05, 0.1) is 11.3 Å². The number of anilines is 1.